The molecule has 0 aromatic rings. The molecular weight excluding hydrogens is 221 g/mol. The molecule has 0 bridgehead atoms. The first-order valence-corrected chi connectivity index (χ1v) is 5.54. The number of nitrogens with zero attached hydrogens (tertiary/aromatic N) is 1. The summed E-state index contributed by atoms with van der Waals surface area (Å²) in [6.45, 7) is 1.48. The van der Waals surface area contributed by atoms with E-state index in [-0.39, 0.29) is 31.3 Å². The lowest BCUT2D eigenvalue weighted by atomic mass is 10.1. The third-order valence-corrected chi connectivity index (χ3v) is 3.37. The molecule has 2 rings (SSSR count). The number of nitrogens with one attached hydrogen (secondary N) is 1. The van der Waals surface area contributed by atoms with Crippen molar-refractivity contribution in [1.29, 1.82) is 0 Å². The van der Waals surface area contributed by atoms with E-state index < -0.39 is 12.1 Å². The first-order chi connectivity index (χ1) is 7.48. The van der Waals surface area contributed by atoms with Crippen molar-refractivity contribution < 1.29 is 18.0 Å². The van der Waals surface area contributed by atoms with E-state index in [1.807, 2.05) is 0 Å². The van der Waals surface area contributed by atoms with Crippen LogP contribution in [-0.4, -0.2) is 43.2 Å². The maximum atomic E-state index is 12.4. The van der Waals surface area contributed by atoms with Gasteiger partial charge in [0.15, 0.2) is 0 Å². The Bertz CT molecular complexity index is 274. The van der Waals surface area contributed by atoms with Crippen molar-refractivity contribution in [2.24, 2.45) is 11.8 Å². The van der Waals surface area contributed by atoms with Gasteiger partial charge in [0, 0.05) is 19.6 Å². The molecule has 2 fully saturated rings. The Labute approximate surface area is 92.0 Å². The predicted octanol–water partition coefficient (Wildman–Crippen LogP) is 1.01. The van der Waals surface area contributed by atoms with Crippen LogP contribution in [0.5, 0.6) is 0 Å². The highest BCUT2D eigenvalue weighted by atomic mass is 19.4. The normalized spacial score (nSPS) is 31.1. The fourth-order valence-electron chi connectivity index (χ4n) is 2.35. The number of likely N-dealkylation sites (tertiary alicyclic amines) is 1. The molecule has 0 radical (unpaired) electrons. The van der Waals surface area contributed by atoms with Crippen LogP contribution in [0.15, 0.2) is 0 Å². The van der Waals surface area contributed by atoms with E-state index in [0.717, 1.165) is 13.0 Å². The minimum atomic E-state index is -4.16. The van der Waals surface area contributed by atoms with E-state index in [2.05, 4.69) is 5.32 Å². The predicted molar refractivity (Wildman–Crippen MR) is 51.7 cm³/mol. The number of hydrogen-bond acceptors (Lipinski definition) is 2. The van der Waals surface area contributed by atoms with Gasteiger partial charge in [0.05, 0.1) is 11.8 Å². The first-order valence-electron chi connectivity index (χ1n) is 5.54. The summed E-state index contributed by atoms with van der Waals surface area (Å²) in [5.74, 6) is -1.56. The third-order valence-electron chi connectivity index (χ3n) is 3.37. The van der Waals surface area contributed by atoms with Gasteiger partial charge in [-0.25, -0.2) is 0 Å². The van der Waals surface area contributed by atoms with Crippen LogP contribution < -0.4 is 5.32 Å². The summed E-state index contributed by atoms with van der Waals surface area (Å²) in [7, 11) is 0. The van der Waals surface area contributed by atoms with E-state index in [4.69, 9.17) is 0 Å². The molecule has 6 heteroatoms. The lowest BCUT2D eigenvalue weighted by Crippen LogP contribution is -2.36. The molecule has 2 heterocycles. The number of amides is 1. The Kier molecular flexibility index (Phi) is 3.10. The second-order valence-corrected chi connectivity index (χ2v) is 4.50. The van der Waals surface area contributed by atoms with Crippen LogP contribution >= 0.6 is 0 Å². The number of alkyl halides is 3. The zero-order chi connectivity index (χ0) is 11.8. The van der Waals surface area contributed by atoms with Crippen LogP contribution in [0.3, 0.4) is 0 Å². The van der Waals surface area contributed by atoms with Crippen LogP contribution in [0.2, 0.25) is 0 Å². The van der Waals surface area contributed by atoms with Crippen molar-refractivity contribution in [2.75, 3.05) is 26.2 Å². The molecular formula is C10H15F3N2O. The smallest absolute Gasteiger partial charge is 0.342 e. The summed E-state index contributed by atoms with van der Waals surface area (Å²) >= 11 is 0. The quantitative estimate of drug-likeness (QED) is 0.737. The highest BCUT2D eigenvalue weighted by Gasteiger charge is 2.45. The molecule has 3 nitrogen and oxygen atoms in total. The zero-order valence-corrected chi connectivity index (χ0v) is 8.89. The number of hydrogen-bond donors (Lipinski definition) is 1. The summed E-state index contributed by atoms with van der Waals surface area (Å²) < 4.78 is 37.3. The molecule has 0 aromatic carbocycles. The average molecular weight is 236 g/mol. The van der Waals surface area contributed by atoms with Crippen molar-refractivity contribution in [3.8, 4) is 0 Å². The van der Waals surface area contributed by atoms with Crippen LogP contribution in [0.4, 0.5) is 13.2 Å². The molecule has 2 atom stereocenters. The Balaban J connectivity index is 1.90. The molecule has 1 amide bonds. The van der Waals surface area contributed by atoms with Crippen LogP contribution in [0.1, 0.15) is 12.8 Å². The van der Waals surface area contributed by atoms with Crippen molar-refractivity contribution >= 4 is 5.91 Å². The minimum Gasteiger partial charge on any atom is -0.342 e. The molecule has 0 aliphatic carbocycles. The lowest BCUT2D eigenvalue weighted by molar-refractivity contribution is -0.171. The van der Waals surface area contributed by atoms with Gasteiger partial charge in [-0.05, 0) is 19.4 Å². The average Bonchev–Trinajstić information content (AvgIpc) is 2.87. The van der Waals surface area contributed by atoms with E-state index >= 15 is 0 Å². The van der Waals surface area contributed by atoms with Gasteiger partial charge in [0.25, 0.3) is 0 Å². The zero-order valence-electron chi connectivity index (χ0n) is 8.89. The fraction of sp³-hybridized carbons (Fsp3) is 0.900. The highest BCUT2D eigenvalue weighted by Crippen LogP contribution is 2.34. The van der Waals surface area contributed by atoms with Crippen molar-refractivity contribution in [3.05, 3.63) is 0 Å². The number of carbonyl (C=O) groups excluding carboxylic acids is 1. The second kappa shape index (κ2) is 4.24. The van der Waals surface area contributed by atoms with Gasteiger partial charge < -0.3 is 10.2 Å². The van der Waals surface area contributed by atoms with Gasteiger partial charge in [-0.3, -0.25) is 4.79 Å². The molecule has 0 spiro atoms. The van der Waals surface area contributed by atoms with Crippen LogP contribution in [-0.2, 0) is 4.79 Å². The first kappa shape index (κ1) is 11.7. The van der Waals surface area contributed by atoms with Gasteiger partial charge in [-0.2, -0.15) is 13.2 Å². The van der Waals surface area contributed by atoms with Gasteiger partial charge in [-0.15, -0.1) is 0 Å². The molecule has 2 saturated heterocycles. The SMILES string of the molecule is O=C(C1CCNC1)N1CCC(C(F)(F)F)C1. The molecule has 0 aromatic heterocycles. The van der Waals surface area contributed by atoms with E-state index in [9.17, 15) is 18.0 Å². The molecule has 92 valence electrons. The monoisotopic (exact) mass is 236 g/mol. The van der Waals surface area contributed by atoms with Crippen molar-refractivity contribution in [2.45, 2.75) is 19.0 Å². The Hall–Kier alpha value is -0.780. The van der Waals surface area contributed by atoms with Gasteiger partial charge in [-0.1, -0.05) is 0 Å². The van der Waals surface area contributed by atoms with E-state index in [1.165, 1.54) is 4.90 Å². The molecule has 2 aliphatic heterocycles. The molecule has 1 N–H and O–H groups in total. The molecule has 2 unspecified atom stereocenters. The van der Waals surface area contributed by atoms with E-state index in [1.54, 1.807) is 0 Å². The Morgan fingerprint density at radius 3 is 2.56 bits per heavy atom. The lowest BCUT2D eigenvalue weighted by Gasteiger charge is -2.20. The maximum Gasteiger partial charge on any atom is 0.393 e. The number of rotatable bonds is 1. The summed E-state index contributed by atoms with van der Waals surface area (Å²) in [4.78, 5) is 13.2. The third kappa shape index (κ3) is 2.31. The minimum absolute atomic E-state index is 0.0510. The van der Waals surface area contributed by atoms with Crippen LogP contribution in [0, 0.1) is 11.8 Å². The second-order valence-electron chi connectivity index (χ2n) is 4.50. The number of halogens is 3. The fourth-order valence-corrected chi connectivity index (χ4v) is 2.35. The molecule has 16 heavy (non-hydrogen) atoms. The summed E-state index contributed by atoms with van der Waals surface area (Å²) in [6, 6.07) is 0. The largest absolute Gasteiger partial charge is 0.393 e. The maximum absolute atomic E-state index is 12.4. The van der Waals surface area contributed by atoms with Gasteiger partial charge >= 0.3 is 6.18 Å². The molecule has 2 aliphatic rings. The standard InChI is InChI=1S/C10H15F3N2O/c11-10(12,13)8-2-4-15(6-8)9(16)7-1-3-14-5-7/h7-8,14H,1-6H2. The topological polar surface area (TPSA) is 32.3 Å². The van der Waals surface area contributed by atoms with Crippen molar-refractivity contribution in [3.63, 3.8) is 0 Å². The Morgan fingerprint density at radius 1 is 1.31 bits per heavy atom. The van der Waals surface area contributed by atoms with Gasteiger partial charge in [0.1, 0.15) is 0 Å². The summed E-state index contributed by atoms with van der Waals surface area (Å²) in [5.41, 5.74) is 0. The van der Waals surface area contributed by atoms with Gasteiger partial charge in [0.2, 0.25) is 5.91 Å². The number of carbonyl (C=O) groups is 1. The van der Waals surface area contributed by atoms with Crippen LogP contribution in [0.25, 0.3) is 0 Å². The summed E-state index contributed by atoms with van der Waals surface area (Å²) in [6.07, 6.45) is -3.37. The summed E-state index contributed by atoms with van der Waals surface area (Å²) in [5, 5.41) is 3.05. The van der Waals surface area contributed by atoms with Crippen molar-refractivity contribution in [1.82, 2.24) is 10.2 Å². The highest BCUT2D eigenvalue weighted by molar-refractivity contribution is 5.79. The Morgan fingerprint density at radius 2 is 2.06 bits per heavy atom. The molecule has 0 saturated carbocycles. The van der Waals surface area contributed by atoms with E-state index in [0.29, 0.717) is 6.54 Å².